The van der Waals surface area contributed by atoms with Crippen molar-refractivity contribution < 1.29 is 0 Å². The van der Waals surface area contributed by atoms with Gasteiger partial charge < -0.3 is 5.73 Å². The van der Waals surface area contributed by atoms with Gasteiger partial charge in [0.15, 0.2) is 5.16 Å². The summed E-state index contributed by atoms with van der Waals surface area (Å²) in [5.74, 6) is 1.84. The first kappa shape index (κ1) is 12.1. The molecule has 0 aliphatic carbocycles. The van der Waals surface area contributed by atoms with E-state index in [9.17, 15) is 0 Å². The molecule has 4 nitrogen and oxygen atoms in total. The predicted molar refractivity (Wildman–Crippen MR) is 70.5 cm³/mol. The third-order valence-electron chi connectivity index (χ3n) is 2.38. The van der Waals surface area contributed by atoms with Crippen molar-refractivity contribution in [2.75, 3.05) is 12.3 Å². The number of nitrogens with two attached hydrogens (primary N) is 1. The zero-order valence-electron chi connectivity index (χ0n) is 9.84. The van der Waals surface area contributed by atoms with Crippen LogP contribution in [-0.2, 0) is 6.42 Å². The molecule has 0 radical (unpaired) electrons. The lowest BCUT2D eigenvalue weighted by Crippen LogP contribution is -2.05. The van der Waals surface area contributed by atoms with Crippen LogP contribution in [0.15, 0.2) is 35.5 Å². The van der Waals surface area contributed by atoms with E-state index < -0.39 is 0 Å². The van der Waals surface area contributed by atoms with Crippen molar-refractivity contribution in [2.24, 2.45) is 5.73 Å². The fraction of sp³-hybridized carbons (Fsp3) is 0.333. The minimum Gasteiger partial charge on any atom is -0.330 e. The van der Waals surface area contributed by atoms with E-state index in [-0.39, 0.29) is 0 Å². The van der Waals surface area contributed by atoms with Gasteiger partial charge in [0.05, 0.1) is 0 Å². The monoisotopic (exact) mass is 248 g/mol. The summed E-state index contributed by atoms with van der Waals surface area (Å²) >= 11 is 1.64. The van der Waals surface area contributed by atoms with Gasteiger partial charge in [-0.15, -0.1) is 10.2 Å². The third-order valence-corrected chi connectivity index (χ3v) is 3.34. The summed E-state index contributed by atoms with van der Waals surface area (Å²) in [6.07, 6.45) is 0.866. The summed E-state index contributed by atoms with van der Waals surface area (Å²) in [6, 6.07) is 10.2. The highest BCUT2D eigenvalue weighted by atomic mass is 32.2. The summed E-state index contributed by atoms with van der Waals surface area (Å²) in [6.45, 7) is 2.73. The molecule has 5 heteroatoms. The summed E-state index contributed by atoms with van der Waals surface area (Å²) in [5, 5.41) is 9.35. The van der Waals surface area contributed by atoms with E-state index in [4.69, 9.17) is 5.73 Å². The Kier molecular flexibility index (Phi) is 4.17. The second-order valence-electron chi connectivity index (χ2n) is 3.56. The van der Waals surface area contributed by atoms with Crippen molar-refractivity contribution in [3.63, 3.8) is 0 Å². The number of aryl methyl sites for hydroxylation is 1. The smallest absolute Gasteiger partial charge is 0.195 e. The fourth-order valence-electron chi connectivity index (χ4n) is 1.61. The average molecular weight is 248 g/mol. The molecule has 0 aliphatic heterocycles. The molecular weight excluding hydrogens is 232 g/mol. The van der Waals surface area contributed by atoms with Crippen molar-refractivity contribution in [3.8, 4) is 5.69 Å². The van der Waals surface area contributed by atoms with Gasteiger partial charge >= 0.3 is 0 Å². The van der Waals surface area contributed by atoms with E-state index in [1.165, 1.54) is 0 Å². The topological polar surface area (TPSA) is 56.7 Å². The van der Waals surface area contributed by atoms with Crippen LogP contribution in [0.4, 0.5) is 0 Å². The highest BCUT2D eigenvalue weighted by Crippen LogP contribution is 2.21. The van der Waals surface area contributed by atoms with E-state index in [2.05, 4.69) is 33.8 Å². The first-order chi connectivity index (χ1) is 8.36. The predicted octanol–water partition coefficient (Wildman–Crippen LogP) is 1.88. The number of thioether (sulfide) groups is 1. The standard InChI is InChI=1S/C12H16N4S/c1-2-11-14-15-12(17-9-8-13)16(11)10-6-4-3-5-7-10/h3-7H,2,8-9,13H2,1H3. The summed E-state index contributed by atoms with van der Waals surface area (Å²) in [5.41, 5.74) is 6.63. The summed E-state index contributed by atoms with van der Waals surface area (Å²) in [4.78, 5) is 0. The SMILES string of the molecule is CCc1nnc(SCCN)n1-c1ccccc1. The Morgan fingerprint density at radius 3 is 2.65 bits per heavy atom. The molecule has 1 aromatic carbocycles. The highest BCUT2D eigenvalue weighted by molar-refractivity contribution is 7.99. The van der Waals surface area contributed by atoms with Gasteiger partial charge in [-0.3, -0.25) is 4.57 Å². The van der Waals surface area contributed by atoms with Gasteiger partial charge in [-0.25, -0.2) is 0 Å². The van der Waals surface area contributed by atoms with Gasteiger partial charge in [-0.1, -0.05) is 36.9 Å². The second-order valence-corrected chi connectivity index (χ2v) is 4.62. The van der Waals surface area contributed by atoms with E-state index in [0.717, 1.165) is 28.8 Å². The Labute approximate surface area is 105 Å². The van der Waals surface area contributed by atoms with Crippen LogP contribution in [-0.4, -0.2) is 27.1 Å². The molecule has 0 atom stereocenters. The van der Waals surface area contributed by atoms with E-state index >= 15 is 0 Å². The van der Waals surface area contributed by atoms with Crippen molar-refractivity contribution in [1.82, 2.24) is 14.8 Å². The van der Waals surface area contributed by atoms with Crippen LogP contribution in [0.3, 0.4) is 0 Å². The molecule has 2 aromatic rings. The second kappa shape index (κ2) is 5.84. The van der Waals surface area contributed by atoms with Crippen molar-refractivity contribution in [1.29, 1.82) is 0 Å². The average Bonchev–Trinajstić information content (AvgIpc) is 2.80. The Morgan fingerprint density at radius 2 is 2.00 bits per heavy atom. The molecule has 90 valence electrons. The van der Waals surface area contributed by atoms with Crippen molar-refractivity contribution >= 4 is 11.8 Å². The number of aromatic nitrogens is 3. The molecule has 1 heterocycles. The molecule has 1 aromatic heterocycles. The first-order valence-corrected chi connectivity index (χ1v) is 6.68. The molecule has 0 bridgehead atoms. The van der Waals surface area contributed by atoms with Crippen LogP contribution in [0.2, 0.25) is 0 Å². The van der Waals surface area contributed by atoms with E-state index in [1.54, 1.807) is 11.8 Å². The van der Waals surface area contributed by atoms with Gasteiger partial charge in [-0.05, 0) is 12.1 Å². The van der Waals surface area contributed by atoms with Crippen molar-refractivity contribution in [2.45, 2.75) is 18.5 Å². The van der Waals surface area contributed by atoms with Crippen LogP contribution < -0.4 is 5.73 Å². The van der Waals surface area contributed by atoms with Crippen LogP contribution in [0.25, 0.3) is 5.69 Å². The highest BCUT2D eigenvalue weighted by Gasteiger charge is 2.12. The number of para-hydroxylation sites is 1. The minimum atomic E-state index is 0.647. The molecule has 0 saturated carbocycles. The van der Waals surface area contributed by atoms with Crippen LogP contribution in [0.1, 0.15) is 12.7 Å². The zero-order chi connectivity index (χ0) is 12.1. The quantitative estimate of drug-likeness (QED) is 0.821. The Balaban J connectivity index is 2.39. The molecule has 0 fully saturated rings. The molecule has 2 N–H and O–H groups in total. The lowest BCUT2D eigenvalue weighted by Gasteiger charge is -2.08. The lowest BCUT2D eigenvalue weighted by molar-refractivity contribution is 0.836. The van der Waals surface area contributed by atoms with Crippen molar-refractivity contribution in [3.05, 3.63) is 36.2 Å². The van der Waals surface area contributed by atoms with Gasteiger partial charge in [0.25, 0.3) is 0 Å². The summed E-state index contributed by atoms with van der Waals surface area (Å²) < 4.78 is 2.10. The van der Waals surface area contributed by atoms with E-state index in [0.29, 0.717) is 6.54 Å². The molecular formula is C12H16N4S. The number of rotatable bonds is 5. The number of benzene rings is 1. The zero-order valence-corrected chi connectivity index (χ0v) is 10.7. The van der Waals surface area contributed by atoms with Gasteiger partial charge in [0.1, 0.15) is 5.82 Å². The maximum absolute atomic E-state index is 5.53. The fourth-order valence-corrected chi connectivity index (χ4v) is 2.35. The van der Waals surface area contributed by atoms with Crippen LogP contribution >= 0.6 is 11.8 Å². The Bertz CT molecular complexity index is 467. The minimum absolute atomic E-state index is 0.647. The third kappa shape index (κ3) is 2.68. The van der Waals surface area contributed by atoms with E-state index in [1.807, 2.05) is 18.2 Å². The maximum atomic E-state index is 5.53. The lowest BCUT2D eigenvalue weighted by atomic mass is 10.3. The van der Waals surface area contributed by atoms with Gasteiger partial charge in [-0.2, -0.15) is 0 Å². The van der Waals surface area contributed by atoms with Crippen LogP contribution in [0, 0.1) is 0 Å². The molecule has 0 spiro atoms. The summed E-state index contributed by atoms with van der Waals surface area (Å²) in [7, 11) is 0. The molecule has 17 heavy (non-hydrogen) atoms. The normalized spacial score (nSPS) is 10.7. The largest absolute Gasteiger partial charge is 0.330 e. The number of hydrogen-bond donors (Lipinski definition) is 1. The molecule has 0 aliphatic rings. The molecule has 0 saturated heterocycles. The Morgan fingerprint density at radius 1 is 1.24 bits per heavy atom. The molecule has 2 rings (SSSR count). The van der Waals surface area contributed by atoms with Gasteiger partial charge in [0, 0.05) is 24.4 Å². The van der Waals surface area contributed by atoms with Gasteiger partial charge in [0.2, 0.25) is 0 Å². The Hall–Kier alpha value is -1.33. The first-order valence-electron chi connectivity index (χ1n) is 5.69. The number of hydrogen-bond acceptors (Lipinski definition) is 4. The van der Waals surface area contributed by atoms with Crippen LogP contribution in [0.5, 0.6) is 0 Å². The maximum Gasteiger partial charge on any atom is 0.195 e. The number of nitrogens with zero attached hydrogens (tertiary/aromatic N) is 3. The molecule has 0 unspecified atom stereocenters. The molecule has 0 amide bonds.